The van der Waals surface area contributed by atoms with E-state index in [-0.39, 0.29) is 5.84 Å². The molecule has 31 heavy (non-hydrogen) atoms. The molecule has 0 radical (unpaired) electrons. The van der Waals surface area contributed by atoms with Crippen LogP contribution >= 0.6 is 0 Å². The first-order chi connectivity index (χ1) is 15.0. The Morgan fingerprint density at radius 3 is 2.39 bits per heavy atom. The van der Waals surface area contributed by atoms with Crippen LogP contribution in [0, 0.1) is 0 Å². The van der Waals surface area contributed by atoms with Gasteiger partial charge in [-0.1, -0.05) is 41.6 Å². The summed E-state index contributed by atoms with van der Waals surface area (Å²) < 4.78 is 11.2. The highest BCUT2D eigenvalue weighted by Gasteiger charge is 2.21. The van der Waals surface area contributed by atoms with Gasteiger partial charge < -0.3 is 30.8 Å². The van der Waals surface area contributed by atoms with Crippen LogP contribution in [0.2, 0.25) is 0 Å². The second-order valence-electron chi connectivity index (χ2n) is 6.66. The number of oxime groups is 1. The molecule has 0 saturated carbocycles. The number of amidine groups is 1. The molecule has 0 aliphatic heterocycles. The van der Waals surface area contributed by atoms with Crippen molar-refractivity contribution >= 4 is 17.5 Å². The highest BCUT2D eigenvalue weighted by molar-refractivity contribution is 5.97. The van der Waals surface area contributed by atoms with E-state index in [0.29, 0.717) is 34.9 Å². The van der Waals surface area contributed by atoms with Gasteiger partial charge in [-0.15, -0.1) is 0 Å². The van der Waals surface area contributed by atoms with Gasteiger partial charge in [-0.2, -0.15) is 0 Å². The Morgan fingerprint density at radius 2 is 1.77 bits per heavy atom. The highest BCUT2D eigenvalue weighted by atomic mass is 16.5. The molecule has 1 atom stereocenters. The van der Waals surface area contributed by atoms with Gasteiger partial charge in [-0.25, -0.2) is 4.79 Å². The van der Waals surface area contributed by atoms with Crippen molar-refractivity contribution in [3.8, 4) is 11.5 Å². The van der Waals surface area contributed by atoms with E-state index in [4.69, 9.17) is 20.4 Å². The quantitative estimate of drug-likeness (QED) is 0.180. The molecule has 0 heterocycles. The zero-order chi connectivity index (χ0) is 22.2. The van der Waals surface area contributed by atoms with Gasteiger partial charge >= 0.3 is 5.97 Å². The molecular formula is C23H23N3O5. The zero-order valence-electron chi connectivity index (χ0n) is 16.9. The summed E-state index contributed by atoms with van der Waals surface area (Å²) in [5, 5.41) is 24.4. The van der Waals surface area contributed by atoms with Crippen LogP contribution in [0.4, 0.5) is 5.69 Å². The number of nitrogens with zero attached hydrogens (tertiary/aromatic N) is 1. The smallest absolute Gasteiger partial charge is 0.330 e. The van der Waals surface area contributed by atoms with Crippen molar-refractivity contribution in [2.24, 2.45) is 10.9 Å². The first-order valence-electron chi connectivity index (χ1n) is 9.43. The Morgan fingerprint density at radius 1 is 1.06 bits per heavy atom. The first kappa shape index (κ1) is 21.5. The molecule has 5 N–H and O–H groups in total. The van der Waals surface area contributed by atoms with Gasteiger partial charge in [-0.05, 0) is 47.5 Å². The van der Waals surface area contributed by atoms with Gasteiger partial charge in [-0.3, -0.25) is 0 Å². The molecule has 0 spiro atoms. The number of aliphatic carboxylic acids is 1. The number of carboxylic acids is 1. The maximum Gasteiger partial charge on any atom is 0.330 e. The summed E-state index contributed by atoms with van der Waals surface area (Å²) in [5.74, 6) is -0.135. The summed E-state index contributed by atoms with van der Waals surface area (Å²) in [6, 6.07) is 20.2. The van der Waals surface area contributed by atoms with Crippen molar-refractivity contribution < 1.29 is 24.6 Å². The minimum atomic E-state index is -1.06. The third kappa shape index (κ3) is 5.45. The average molecular weight is 421 g/mol. The SMILES string of the molecule is COc1cc(C(Nc2ccc(/C(N)=N/O)cc2)C(=O)O)ccc1OCc1ccccc1. The van der Waals surface area contributed by atoms with E-state index in [1.54, 1.807) is 42.5 Å². The maximum atomic E-state index is 11.9. The maximum absolute atomic E-state index is 11.9. The van der Waals surface area contributed by atoms with E-state index >= 15 is 0 Å². The van der Waals surface area contributed by atoms with Crippen molar-refractivity contribution in [1.82, 2.24) is 0 Å². The summed E-state index contributed by atoms with van der Waals surface area (Å²) in [4.78, 5) is 11.9. The summed E-state index contributed by atoms with van der Waals surface area (Å²) >= 11 is 0. The predicted octanol–water partition coefficient (Wildman–Crippen LogP) is 3.61. The summed E-state index contributed by atoms with van der Waals surface area (Å²) in [5.41, 5.74) is 8.13. The minimum Gasteiger partial charge on any atom is -0.493 e. The van der Waals surface area contributed by atoms with Crippen molar-refractivity contribution in [1.29, 1.82) is 0 Å². The lowest BCUT2D eigenvalue weighted by Gasteiger charge is -2.18. The highest BCUT2D eigenvalue weighted by Crippen LogP contribution is 2.32. The van der Waals surface area contributed by atoms with E-state index in [0.717, 1.165) is 5.56 Å². The number of nitrogens with one attached hydrogen (secondary N) is 1. The molecular weight excluding hydrogens is 398 g/mol. The monoisotopic (exact) mass is 421 g/mol. The van der Waals surface area contributed by atoms with Crippen LogP contribution in [-0.2, 0) is 11.4 Å². The van der Waals surface area contributed by atoms with Crippen molar-refractivity contribution in [2.75, 3.05) is 12.4 Å². The van der Waals surface area contributed by atoms with Gasteiger partial charge in [0.1, 0.15) is 6.61 Å². The van der Waals surface area contributed by atoms with Crippen LogP contribution in [0.5, 0.6) is 11.5 Å². The number of carbonyl (C=O) groups is 1. The molecule has 8 nitrogen and oxygen atoms in total. The van der Waals surface area contributed by atoms with E-state index in [2.05, 4.69) is 10.5 Å². The van der Waals surface area contributed by atoms with Crippen LogP contribution in [0.1, 0.15) is 22.7 Å². The van der Waals surface area contributed by atoms with Crippen LogP contribution < -0.4 is 20.5 Å². The third-order valence-corrected chi connectivity index (χ3v) is 4.60. The molecule has 0 bridgehead atoms. The lowest BCUT2D eigenvalue weighted by molar-refractivity contribution is -0.138. The number of anilines is 1. The van der Waals surface area contributed by atoms with E-state index in [9.17, 15) is 9.90 Å². The van der Waals surface area contributed by atoms with Gasteiger partial charge in [0, 0.05) is 11.3 Å². The van der Waals surface area contributed by atoms with E-state index in [1.165, 1.54) is 7.11 Å². The minimum absolute atomic E-state index is 0.0304. The Hall–Kier alpha value is -4.20. The predicted molar refractivity (Wildman–Crippen MR) is 117 cm³/mol. The molecule has 8 heteroatoms. The van der Waals surface area contributed by atoms with E-state index < -0.39 is 12.0 Å². The number of ether oxygens (including phenoxy) is 2. The lowest BCUT2D eigenvalue weighted by Crippen LogP contribution is -2.21. The lowest BCUT2D eigenvalue weighted by atomic mass is 10.1. The van der Waals surface area contributed by atoms with E-state index in [1.807, 2.05) is 30.3 Å². The Labute approximate surface area is 179 Å². The number of hydrogen-bond donors (Lipinski definition) is 4. The van der Waals surface area contributed by atoms with Crippen molar-refractivity contribution in [3.05, 3.63) is 89.5 Å². The Balaban J connectivity index is 1.78. The summed E-state index contributed by atoms with van der Waals surface area (Å²) in [6.07, 6.45) is 0. The summed E-state index contributed by atoms with van der Waals surface area (Å²) in [6.45, 7) is 0.365. The molecule has 0 aliphatic carbocycles. The Kier molecular flexibility index (Phi) is 6.95. The van der Waals surface area contributed by atoms with Crippen molar-refractivity contribution in [2.45, 2.75) is 12.6 Å². The summed E-state index contributed by atoms with van der Waals surface area (Å²) in [7, 11) is 1.50. The van der Waals surface area contributed by atoms with Crippen LogP contribution in [-0.4, -0.2) is 29.2 Å². The third-order valence-electron chi connectivity index (χ3n) is 4.60. The fraction of sp³-hybridized carbons (Fsp3) is 0.130. The van der Waals surface area contributed by atoms with Crippen LogP contribution in [0.3, 0.4) is 0 Å². The standard InChI is InChI=1S/C23H23N3O5/c1-30-20-13-17(9-12-19(20)31-14-15-5-3-2-4-6-15)21(23(27)28)25-18-10-7-16(8-11-18)22(24)26-29/h2-13,21,25,29H,14H2,1H3,(H2,24,26)(H,27,28). The molecule has 0 aromatic heterocycles. The second-order valence-corrected chi connectivity index (χ2v) is 6.66. The van der Waals surface area contributed by atoms with Gasteiger partial charge in [0.05, 0.1) is 7.11 Å². The molecule has 0 fully saturated rings. The molecule has 3 rings (SSSR count). The number of nitrogens with two attached hydrogens (primary N) is 1. The number of rotatable bonds is 9. The topological polar surface area (TPSA) is 126 Å². The number of methoxy groups -OCH3 is 1. The van der Waals surface area contributed by atoms with Gasteiger partial charge in [0.2, 0.25) is 0 Å². The molecule has 0 amide bonds. The largest absolute Gasteiger partial charge is 0.493 e. The number of carboxylic acid groups (broad SMARTS) is 1. The van der Waals surface area contributed by atoms with Crippen molar-refractivity contribution in [3.63, 3.8) is 0 Å². The van der Waals surface area contributed by atoms with Crippen LogP contribution in [0.15, 0.2) is 78.0 Å². The zero-order valence-corrected chi connectivity index (χ0v) is 16.9. The number of hydrogen-bond acceptors (Lipinski definition) is 6. The molecule has 0 aliphatic rings. The van der Waals surface area contributed by atoms with Crippen LogP contribution in [0.25, 0.3) is 0 Å². The molecule has 160 valence electrons. The van der Waals surface area contributed by atoms with Gasteiger partial charge in [0.25, 0.3) is 0 Å². The fourth-order valence-corrected chi connectivity index (χ4v) is 2.97. The fourth-order valence-electron chi connectivity index (χ4n) is 2.97. The molecule has 3 aromatic carbocycles. The first-order valence-corrected chi connectivity index (χ1v) is 9.43. The second kappa shape index (κ2) is 10.0. The Bertz CT molecular complexity index is 1050. The normalized spacial score (nSPS) is 12.1. The molecule has 0 saturated heterocycles. The molecule has 3 aromatic rings. The average Bonchev–Trinajstić information content (AvgIpc) is 2.81. The number of benzene rings is 3. The van der Waals surface area contributed by atoms with Gasteiger partial charge in [0.15, 0.2) is 23.4 Å². The molecule has 1 unspecified atom stereocenters.